The summed E-state index contributed by atoms with van der Waals surface area (Å²) in [4.78, 5) is 13.8. The molecule has 0 aromatic carbocycles. The summed E-state index contributed by atoms with van der Waals surface area (Å²) in [6, 6.07) is 0.340. The SMILES string of the molecule is C=C(C)CCC(=O)CN1CCC(N)CC1. The molecule has 0 amide bonds. The van der Waals surface area contributed by atoms with E-state index in [4.69, 9.17) is 5.73 Å². The van der Waals surface area contributed by atoms with Gasteiger partial charge in [0.1, 0.15) is 5.78 Å². The van der Waals surface area contributed by atoms with Crippen molar-refractivity contribution in [2.75, 3.05) is 19.6 Å². The van der Waals surface area contributed by atoms with E-state index in [1.807, 2.05) is 6.92 Å². The summed E-state index contributed by atoms with van der Waals surface area (Å²) >= 11 is 0. The fraction of sp³-hybridized carbons (Fsp3) is 0.750. The molecule has 86 valence electrons. The summed E-state index contributed by atoms with van der Waals surface area (Å²) < 4.78 is 0. The number of hydrogen-bond donors (Lipinski definition) is 1. The molecule has 3 nitrogen and oxygen atoms in total. The molecule has 0 unspecified atom stereocenters. The third-order valence-electron chi connectivity index (χ3n) is 2.86. The number of ketones is 1. The number of carbonyl (C=O) groups is 1. The maximum atomic E-state index is 11.6. The fourth-order valence-electron chi connectivity index (χ4n) is 1.79. The minimum atomic E-state index is 0.327. The molecule has 1 saturated heterocycles. The molecule has 15 heavy (non-hydrogen) atoms. The van der Waals surface area contributed by atoms with Crippen LogP contribution in [0.2, 0.25) is 0 Å². The van der Waals surface area contributed by atoms with Crippen molar-refractivity contribution in [1.29, 1.82) is 0 Å². The van der Waals surface area contributed by atoms with Crippen LogP contribution >= 0.6 is 0 Å². The van der Waals surface area contributed by atoms with Gasteiger partial charge < -0.3 is 5.73 Å². The maximum Gasteiger partial charge on any atom is 0.147 e. The van der Waals surface area contributed by atoms with E-state index in [2.05, 4.69) is 11.5 Å². The summed E-state index contributed by atoms with van der Waals surface area (Å²) in [5, 5.41) is 0. The molecule has 0 aliphatic carbocycles. The van der Waals surface area contributed by atoms with E-state index in [-0.39, 0.29) is 0 Å². The summed E-state index contributed by atoms with van der Waals surface area (Å²) in [7, 11) is 0. The van der Waals surface area contributed by atoms with Gasteiger partial charge in [0.05, 0.1) is 6.54 Å². The lowest BCUT2D eigenvalue weighted by Crippen LogP contribution is -2.41. The van der Waals surface area contributed by atoms with Crippen LogP contribution in [0, 0.1) is 0 Å². The van der Waals surface area contributed by atoms with Gasteiger partial charge in [-0.15, -0.1) is 6.58 Å². The Hall–Kier alpha value is -0.670. The van der Waals surface area contributed by atoms with Crippen molar-refractivity contribution in [3.8, 4) is 0 Å². The van der Waals surface area contributed by atoms with Crippen LogP contribution in [0.1, 0.15) is 32.6 Å². The zero-order valence-electron chi connectivity index (χ0n) is 9.67. The van der Waals surface area contributed by atoms with E-state index in [1.54, 1.807) is 0 Å². The second-order valence-corrected chi connectivity index (χ2v) is 4.61. The van der Waals surface area contributed by atoms with Gasteiger partial charge in [0.2, 0.25) is 0 Å². The third-order valence-corrected chi connectivity index (χ3v) is 2.86. The Labute approximate surface area is 92.3 Å². The molecule has 0 aromatic heterocycles. The summed E-state index contributed by atoms with van der Waals surface area (Å²) in [5.74, 6) is 0.327. The number of nitrogens with zero attached hydrogens (tertiary/aromatic N) is 1. The Morgan fingerprint density at radius 2 is 2.00 bits per heavy atom. The van der Waals surface area contributed by atoms with Crippen LogP contribution in [0.4, 0.5) is 0 Å². The summed E-state index contributed by atoms with van der Waals surface area (Å²) in [5.41, 5.74) is 6.89. The van der Waals surface area contributed by atoms with Gasteiger partial charge in [0.15, 0.2) is 0 Å². The van der Waals surface area contributed by atoms with Crippen molar-refractivity contribution in [1.82, 2.24) is 4.90 Å². The largest absolute Gasteiger partial charge is 0.328 e. The quantitative estimate of drug-likeness (QED) is 0.696. The minimum absolute atomic E-state index is 0.327. The standard InChI is InChI=1S/C12H22N2O/c1-10(2)3-4-12(15)9-14-7-5-11(13)6-8-14/h11H,1,3-9,13H2,2H3. The number of nitrogens with two attached hydrogens (primary N) is 1. The second-order valence-electron chi connectivity index (χ2n) is 4.61. The van der Waals surface area contributed by atoms with Gasteiger partial charge >= 0.3 is 0 Å². The van der Waals surface area contributed by atoms with Gasteiger partial charge in [-0.3, -0.25) is 9.69 Å². The van der Waals surface area contributed by atoms with Crippen molar-refractivity contribution in [3.63, 3.8) is 0 Å². The van der Waals surface area contributed by atoms with Gasteiger partial charge in [-0.25, -0.2) is 0 Å². The van der Waals surface area contributed by atoms with E-state index in [9.17, 15) is 4.79 Å². The maximum absolute atomic E-state index is 11.6. The number of rotatable bonds is 5. The first kappa shape index (κ1) is 12.4. The van der Waals surface area contributed by atoms with Gasteiger partial charge in [-0.1, -0.05) is 5.57 Å². The Bertz CT molecular complexity index is 230. The lowest BCUT2D eigenvalue weighted by Gasteiger charge is -2.29. The number of hydrogen-bond acceptors (Lipinski definition) is 3. The zero-order chi connectivity index (χ0) is 11.3. The van der Waals surface area contributed by atoms with Gasteiger partial charge in [-0.05, 0) is 26.2 Å². The first-order valence-electron chi connectivity index (χ1n) is 5.72. The monoisotopic (exact) mass is 210 g/mol. The predicted octanol–water partition coefficient (Wildman–Crippen LogP) is 1.33. The van der Waals surface area contributed by atoms with Crippen LogP contribution in [0.5, 0.6) is 0 Å². The van der Waals surface area contributed by atoms with E-state index in [1.165, 1.54) is 0 Å². The fourth-order valence-corrected chi connectivity index (χ4v) is 1.79. The minimum Gasteiger partial charge on any atom is -0.328 e. The molecule has 3 heteroatoms. The molecule has 0 atom stereocenters. The smallest absolute Gasteiger partial charge is 0.147 e. The highest BCUT2D eigenvalue weighted by Crippen LogP contribution is 2.09. The van der Waals surface area contributed by atoms with Gasteiger partial charge in [0, 0.05) is 25.6 Å². The molecule has 0 bridgehead atoms. The highest BCUT2D eigenvalue weighted by Gasteiger charge is 2.17. The molecule has 0 saturated carbocycles. The topological polar surface area (TPSA) is 46.3 Å². The summed E-state index contributed by atoms with van der Waals surface area (Å²) in [6.45, 7) is 8.31. The van der Waals surface area contributed by atoms with E-state index in [0.717, 1.165) is 37.9 Å². The molecule has 0 radical (unpaired) electrons. The van der Waals surface area contributed by atoms with Crippen LogP contribution in [0.25, 0.3) is 0 Å². The van der Waals surface area contributed by atoms with Crippen LogP contribution in [-0.4, -0.2) is 36.4 Å². The molecule has 1 heterocycles. The third kappa shape index (κ3) is 5.09. The molecule has 0 spiro atoms. The number of allylic oxidation sites excluding steroid dienone is 1. The number of carbonyl (C=O) groups excluding carboxylic acids is 1. The first-order chi connectivity index (χ1) is 7.08. The predicted molar refractivity (Wildman–Crippen MR) is 62.7 cm³/mol. The van der Waals surface area contributed by atoms with E-state index in [0.29, 0.717) is 24.8 Å². The molecular formula is C12H22N2O. The van der Waals surface area contributed by atoms with Gasteiger partial charge in [0.25, 0.3) is 0 Å². The molecule has 2 N–H and O–H groups in total. The van der Waals surface area contributed by atoms with Crippen molar-refractivity contribution in [2.45, 2.75) is 38.6 Å². The van der Waals surface area contributed by atoms with Crippen LogP contribution < -0.4 is 5.73 Å². The molecule has 1 aliphatic heterocycles. The Kier molecular flexibility index (Phi) is 4.99. The Morgan fingerprint density at radius 1 is 1.40 bits per heavy atom. The zero-order valence-corrected chi connectivity index (χ0v) is 9.67. The lowest BCUT2D eigenvalue weighted by atomic mass is 10.0. The average Bonchev–Trinajstić information content (AvgIpc) is 2.19. The van der Waals surface area contributed by atoms with Crippen molar-refractivity contribution >= 4 is 5.78 Å². The molecule has 1 fully saturated rings. The second kappa shape index (κ2) is 6.03. The van der Waals surface area contributed by atoms with Gasteiger partial charge in [-0.2, -0.15) is 0 Å². The van der Waals surface area contributed by atoms with Crippen LogP contribution in [0.15, 0.2) is 12.2 Å². The number of Topliss-reactive ketones (excluding diaryl/α,β-unsaturated/α-hetero) is 1. The highest BCUT2D eigenvalue weighted by atomic mass is 16.1. The average molecular weight is 210 g/mol. The molecular weight excluding hydrogens is 188 g/mol. The molecule has 1 rings (SSSR count). The molecule has 0 aromatic rings. The Morgan fingerprint density at radius 3 is 2.53 bits per heavy atom. The summed E-state index contributed by atoms with van der Waals surface area (Å²) in [6.07, 6.45) is 3.51. The molecule has 1 aliphatic rings. The van der Waals surface area contributed by atoms with E-state index < -0.39 is 0 Å². The Balaban J connectivity index is 2.17. The number of piperidine rings is 1. The van der Waals surface area contributed by atoms with Crippen LogP contribution in [-0.2, 0) is 4.79 Å². The van der Waals surface area contributed by atoms with Crippen molar-refractivity contribution in [2.24, 2.45) is 5.73 Å². The van der Waals surface area contributed by atoms with E-state index >= 15 is 0 Å². The van der Waals surface area contributed by atoms with Crippen LogP contribution in [0.3, 0.4) is 0 Å². The van der Waals surface area contributed by atoms with Crippen molar-refractivity contribution in [3.05, 3.63) is 12.2 Å². The normalized spacial score (nSPS) is 19.1. The lowest BCUT2D eigenvalue weighted by molar-refractivity contribution is -0.120. The first-order valence-corrected chi connectivity index (χ1v) is 5.72. The van der Waals surface area contributed by atoms with Crippen molar-refractivity contribution < 1.29 is 4.79 Å². The highest BCUT2D eigenvalue weighted by molar-refractivity contribution is 5.80. The number of likely N-dealkylation sites (tertiary alicyclic amines) is 1.